The van der Waals surface area contributed by atoms with Gasteiger partial charge in [-0.25, -0.2) is 0 Å². The Balaban J connectivity index is 1.76. The first-order valence-corrected chi connectivity index (χ1v) is 9.15. The van der Waals surface area contributed by atoms with E-state index in [1.54, 1.807) is 29.5 Å². The van der Waals surface area contributed by atoms with Crippen molar-refractivity contribution in [2.24, 2.45) is 0 Å². The summed E-state index contributed by atoms with van der Waals surface area (Å²) in [4.78, 5) is 27.1. The standard InChI is InChI=1S/C18H22ClN3O2S/c1-12-7-8-25-16(12)10-22(3)11-18(24)20-9-17(23)21-15-6-4-5-14(19)13(15)2/h4-8H,9-11H2,1-3H3,(H,20,24)(H,21,23). The van der Waals surface area contributed by atoms with Crippen molar-refractivity contribution in [3.63, 3.8) is 0 Å². The summed E-state index contributed by atoms with van der Waals surface area (Å²) in [5, 5.41) is 8.03. The molecule has 2 rings (SSSR count). The molecule has 134 valence electrons. The van der Waals surface area contributed by atoms with Crippen LogP contribution in [0, 0.1) is 13.8 Å². The summed E-state index contributed by atoms with van der Waals surface area (Å²) in [5.74, 6) is -0.467. The Morgan fingerprint density at radius 2 is 1.96 bits per heavy atom. The number of benzene rings is 1. The fraction of sp³-hybridized carbons (Fsp3) is 0.333. The fourth-order valence-electron chi connectivity index (χ4n) is 2.28. The van der Waals surface area contributed by atoms with E-state index in [1.165, 1.54) is 10.4 Å². The van der Waals surface area contributed by atoms with Crippen LogP contribution in [0.4, 0.5) is 5.69 Å². The Bertz CT molecular complexity index is 761. The van der Waals surface area contributed by atoms with Gasteiger partial charge in [0.05, 0.1) is 13.1 Å². The number of amides is 2. The highest BCUT2D eigenvalue weighted by Crippen LogP contribution is 2.22. The molecule has 0 atom stereocenters. The van der Waals surface area contributed by atoms with Gasteiger partial charge in [-0.05, 0) is 55.6 Å². The van der Waals surface area contributed by atoms with Gasteiger partial charge in [0, 0.05) is 22.1 Å². The van der Waals surface area contributed by atoms with Gasteiger partial charge in [-0.15, -0.1) is 11.3 Å². The highest BCUT2D eigenvalue weighted by atomic mass is 35.5. The third kappa shape index (κ3) is 5.85. The number of nitrogens with one attached hydrogen (secondary N) is 2. The van der Waals surface area contributed by atoms with Gasteiger partial charge in [0.15, 0.2) is 0 Å². The third-order valence-electron chi connectivity index (χ3n) is 3.78. The second kappa shape index (κ2) is 8.99. The predicted molar refractivity (Wildman–Crippen MR) is 103 cm³/mol. The van der Waals surface area contributed by atoms with E-state index in [9.17, 15) is 9.59 Å². The number of nitrogens with zero attached hydrogens (tertiary/aromatic N) is 1. The van der Waals surface area contributed by atoms with Gasteiger partial charge in [0.2, 0.25) is 11.8 Å². The molecule has 2 amide bonds. The number of aryl methyl sites for hydroxylation is 1. The van der Waals surface area contributed by atoms with Crippen molar-refractivity contribution in [1.29, 1.82) is 0 Å². The van der Waals surface area contributed by atoms with Crippen LogP contribution in [0.1, 0.15) is 16.0 Å². The smallest absolute Gasteiger partial charge is 0.243 e. The SMILES string of the molecule is Cc1ccsc1CN(C)CC(=O)NCC(=O)Nc1cccc(Cl)c1C. The lowest BCUT2D eigenvalue weighted by Gasteiger charge is -2.16. The van der Waals surface area contributed by atoms with Gasteiger partial charge < -0.3 is 10.6 Å². The van der Waals surface area contributed by atoms with Crippen molar-refractivity contribution in [2.45, 2.75) is 20.4 Å². The van der Waals surface area contributed by atoms with Crippen molar-refractivity contribution in [1.82, 2.24) is 10.2 Å². The van der Waals surface area contributed by atoms with E-state index in [1.807, 2.05) is 24.3 Å². The molecule has 1 aromatic carbocycles. The second-order valence-electron chi connectivity index (χ2n) is 5.94. The van der Waals surface area contributed by atoms with Crippen LogP contribution in [-0.2, 0) is 16.1 Å². The molecule has 1 aromatic heterocycles. The molecule has 7 heteroatoms. The topological polar surface area (TPSA) is 61.4 Å². The lowest BCUT2D eigenvalue weighted by atomic mass is 10.2. The van der Waals surface area contributed by atoms with Crippen molar-refractivity contribution < 1.29 is 9.59 Å². The molecule has 25 heavy (non-hydrogen) atoms. The monoisotopic (exact) mass is 379 g/mol. The zero-order chi connectivity index (χ0) is 18.4. The first-order valence-electron chi connectivity index (χ1n) is 7.90. The van der Waals surface area contributed by atoms with Crippen LogP contribution in [-0.4, -0.2) is 36.9 Å². The summed E-state index contributed by atoms with van der Waals surface area (Å²) in [7, 11) is 1.88. The predicted octanol–water partition coefficient (Wildman–Crippen LogP) is 3.21. The minimum atomic E-state index is -0.282. The van der Waals surface area contributed by atoms with Crippen LogP contribution in [0.5, 0.6) is 0 Å². The molecule has 0 saturated heterocycles. The molecule has 5 nitrogen and oxygen atoms in total. The maximum atomic E-state index is 12.0. The Kier molecular flexibility index (Phi) is 6.99. The lowest BCUT2D eigenvalue weighted by molar-refractivity contribution is -0.124. The Morgan fingerprint density at radius 1 is 1.20 bits per heavy atom. The fourth-order valence-corrected chi connectivity index (χ4v) is 3.44. The number of hydrogen-bond donors (Lipinski definition) is 2. The third-order valence-corrected chi connectivity index (χ3v) is 5.20. The number of hydrogen-bond acceptors (Lipinski definition) is 4. The maximum absolute atomic E-state index is 12.0. The van der Waals surface area contributed by atoms with Crippen molar-refractivity contribution >= 4 is 40.4 Å². The molecule has 2 N–H and O–H groups in total. The van der Waals surface area contributed by atoms with Crippen LogP contribution in [0.25, 0.3) is 0 Å². The van der Waals surface area contributed by atoms with Crippen molar-refractivity contribution in [2.75, 3.05) is 25.5 Å². The molecule has 0 aliphatic carbocycles. The van der Waals surface area contributed by atoms with Crippen LogP contribution >= 0.6 is 22.9 Å². The number of carbonyl (C=O) groups excluding carboxylic acids is 2. The van der Waals surface area contributed by atoms with E-state index in [0.717, 1.165) is 5.56 Å². The Hall–Kier alpha value is -1.89. The number of likely N-dealkylation sites (N-methyl/N-ethyl adjacent to an activating group) is 1. The summed E-state index contributed by atoms with van der Waals surface area (Å²) >= 11 is 7.70. The molecule has 0 aliphatic heterocycles. The van der Waals surface area contributed by atoms with E-state index < -0.39 is 0 Å². The van der Waals surface area contributed by atoms with Crippen LogP contribution in [0.2, 0.25) is 5.02 Å². The molecular weight excluding hydrogens is 358 g/mol. The van der Waals surface area contributed by atoms with Crippen LogP contribution < -0.4 is 10.6 Å². The largest absolute Gasteiger partial charge is 0.346 e. The van der Waals surface area contributed by atoms with Crippen molar-refractivity contribution in [3.8, 4) is 0 Å². The van der Waals surface area contributed by atoms with E-state index in [2.05, 4.69) is 23.6 Å². The Labute approximate surface area is 157 Å². The van der Waals surface area contributed by atoms with Gasteiger partial charge in [-0.2, -0.15) is 0 Å². The minimum Gasteiger partial charge on any atom is -0.346 e. The summed E-state index contributed by atoms with van der Waals surface area (Å²) < 4.78 is 0. The van der Waals surface area contributed by atoms with Gasteiger partial charge in [-0.3, -0.25) is 14.5 Å². The average molecular weight is 380 g/mol. The number of halogens is 1. The van der Waals surface area contributed by atoms with E-state index in [-0.39, 0.29) is 24.9 Å². The number of thiophene rings is 1. The molecule has 0 spiro atoms. The second-order valence-corrected chi connectivity index (χ2v) is 7.34. The molecule has 0 aliphatic rings. The molecular formula is C18H22ClN3O2S. The van der Waals surface area contributed by atoms with E-state index in [0.29, 0.717) is 17.3 Å². The minimum absolute atomic E-state index is 0.0728. The highest BCUT2D eigenvalue weighted by Gasteiger charge is 2.11. The Morgan fingerprint density at radius 3 is 2.64 bits per heavy atom. The van der Waals surface area contributed by atoms with E-state index >= 15 is 0 Å². The molecule has 0 unspecified atom stereocenters. The number of rotatable bonds is 7. The molecule has 0 bridgehead atoms. The van der Waals surface area contributed by atoms with Gasteiger partial charge in [0.1, 0.15) is 0 Å². The molecule has 0 saturated carbocycles. The number of carbonyl (C=O) groups is 2. The van der Waals surface area contributed by atoms with Gasteiger partial charge in [-0.1, -0.05) is 17.7 Å². The van der Waals surface area contributed by atoms with E-state index in [4.69, 9.17) is 11.6 Å². The summed E-state index contributed by atoms with van der Waals surface area (Å²) in [6.07, 6.45) is 0. The zero-order valence-corrected chi connectivity index (χ0v) is 16.1. The first-order chi connectivity index (χ1) is 11.9. The zero-order valence-electron chi connectivity index (χ0n) is 14.6. The summed E-state index contributed by atoms with van der Waals surface area (Å²) in [6, 6.07) is 7.37. The van der Waals surface area contributed by atoms with Crippen molar-refractivity contribution in [3.05, 3.63) is 50.7 Å². The van der Waals surface area contributed by atoms with Gasteiger partial charge >= 0.3 is 0 Å². The lowest BCUT2D eigenvalue weighted by Crippen LogP contribution is -2.39. The number of anilines is 1. The van der Waals surface area contributed by atoms with Crippen LogP contribution in [0.3, 0.4) is 0 Å². The quantitative estimate of drug-likeness (QED) is 0.776. The summed E-state index contributed by atoms with van der Waals surface area (Å²) in [6.45, 7) is 4.77. The molecule has 1 heterocycles. The average Bonchev–Trinajstić information content (AvgIpc) is 2.95. The highest BCUT2D eigenvalue weighted by molar-refractivity contribution is 7.10. The maximum Gasteiger partial charge on any atom is 0.243 e. The first kappa shape index (κ1) is 19.4. The molecule has 0 fully saturated rings. The van der Waals surface area contributed by atoms with Gasteiger partial charge in [0.25, 0.3) is 0 Å². The normalized spacial score (nSPS) is 10.8. The van der Waals surface area contributed by atoms with Crippen LogP contribution in [0.15, 0.2) is 29.6 Å². The summed E-state index contributed by atoms with van der Waals surface area (Å²) in [5.41, 5.74) is 2.68. The molecule has 0 radical (unpaired) electrons. The molecule has 2 aromatic rings.